The fourth-order valence-corrected chi connectivity index (χ4v) is 5.93. The van der Waals surface area contributed by atoms with Crippen LogP contribution in [0.1, 0.15) is 50.7 Å². The first-order valence-corrected chi connectivity index (χ1v) is 16.7. The van der Waals surface area contributed by atoms with E-state index in [4.69, 9.17) is 23.2 Å². The molecule has 0 bridgehead atoms. The van der Waals surface area contributed by atoms with E-state index in [1.807, 2.05) is 6.07 Å². The third-order valence-electron chi connectivity index (χ3n) is 6.68. The number of carbonyl (C=O) groups is 2. The Balaban J connectivity index is 0.000000277. The molecule has 2 atom stereocenters. The third kappa shape index (κ3) is 12.7. The van der Waals surface area contributed by atoms with Crippen LogP contribution >= 0.6 is 23.2 Å². The van der Waals surface area contributed by atoms with Crippen molar-refractivity contribution in [2.45, 2.75) is 39.5 Å². The molecule has 0 radical (unpaired) electrons. The van der Waals surface area contributed by atoms with Gasteiger partial charge in [-0.15, -0.1) is 0 Å². The number of rotatable bonds is 9. The topological polar surface area (TPSA) is 111 Å². The molecule has 9 nitrogen and oxygen atoms in total. The van der Waals surface area contributed by atoms with Crippen LogP contribution in [-0.2, 0) is 19.6 Å². The summed E-state index contributed by atoms with van der Waals surface area (Å²) in [4.78, 5) is 23.0. The van der Waals surface area contributed by atoms with Crippen LogP contribution in [0.25, 0.3) is 0 Å². The molecule has 2 heterocycles. The van der Waals surface area contributed by atoms with Gasteiger partial charge < -0.3 is 16.0 Å². The van der Waals surface area contributed by atoms with Gasteiger partial charge in [0.15, 0.2) is 0 Å². The summed E-state index contributed by atoms with van der Waals surface area (Å²) in [6.07, 6.45) is 2.52. The highest BCUT2D eigenvalue weighted by Gasteiger charge is 2.33. The van der Waals surface area contributed by atoms with Crippen LogP contribution in [0, 0.1) is 11.2 Å². The van der Waals surface area contributed by atoms with Crippen LogP contribution < -0.4 is 16.0 Å². The zero-order valence-corrected chi connectivity index (χ0v) is 27.8. The molecule has 2 aliphatic heterocycles. The average Bonchev–Trinajstić information content (AvgIpc) is 3.39. The van der Waals surface area contributed by atoms with Gasteiger partial charge in [-0.25, -0.2) is 12.8 Å². The van der Waals surface area contributed by atoms with E-state index in [1.54, 1.807) is 30.3 Å². The molecule has 13 heteroatoms. The molecule has 2 aliphatic rings. The van der Waals surface area contributed by atoms with Crippen molar-refractivity contribution in [3.8, 4) is 0 Å². The van der Waals surface area contributed by atoms with Gasteiger partial charge in [0.25, 0.3) is 0 Å². The number of anilines is 1. The number of amides is 2. The fourth-order valence-electron chi connectivity index (χ4n) is 4.75. The highest BCUT2D eigenvalue weighted by molar-refractivity contribution is 7.88. The summed E-state index contributed by atoms with van der Waals surface area (Å²) in [5, 5.41) is 9.21. The largest absolute Gasteiger partial charge is 0.357 e. The summed E-state index contributed by atoms with van der Waals surface area (Å²) in [5.41, 5.74) is 2.66. The second-order valence-corrected chi connectivity index (χ2v) is 14.9. The summed E-state index contributed by atoms with van der Waals surface area (Å²) >= 11 is 11.9. The van der Waals surface area contributed by atoms with Crippen molar-refractivity contribution < 1.29 is 22.4 Å². The molecule has 2 saturated heterocycles. The maximum atomic E-state index is 14.4. The molecule has 0 saturated carbocycles. The average molecular weight is 661 g/mol. The van der Waals surface area contributed by atoms with Gasteiger partial charge in [0.1, 0.15) is 5.82 Å². The second kappa shape index (κ2) is 17.3. The third-order valence-corrected chi connectivity index (χ3v) is 8.51. The van der Waals surface area contributed by atoms with Crippen LogP contribution in [-0.4, -0.2) is 89.1 Å². The maximum absolute atomic E-state index is 14.4. The Morgan fingerprint density at radius 2 is 1.58 bits per heavy atom. The summed E-state index contributed by atoms with van der Waals surface area (Å²) < 4.78 is 38.3. The molecule has 2 aromatic rings. The highest BCUT2D eigenvalue weighted by Crippen LogP contribution is 2.41. The van der Waals surface area contributed by atoms with Gasteiger partial charge >= 0.3 is 0 Å². The van der Waals surface area contributed by atoms with Gasteiger partial charge in [-0.05, 0) is 34.7 Å². The van der Waals surface area contributed by atoms with Crippen LogP contribution in [0.15, 0.2) is 36.4 Å². The lowest BCUT2D eigenvalue weighted by Gasteiger charge is -2.32. The van der Waals surface area contributed by atoms with Gasteiger partial charge in [-0.3, -0.25) is 14.5 Å². The summed E-state index contributed by atoms with van der Waals surface area (Å²) in [7, 11) is -3.04. The van der Waals surface area contributed by atoms with Crippen molar-refractivity contribution in [2.75, 3.05) is 63.9 Å². The quantitative estimate of drug-likeness (QED) is 0.269. The Morgan fingerprint density at radius 1 is 0.977 bits per heavy atom. The Kier molecular flexibility index (Phi) is 14.8. The van der Waals surface area contributed by atoms with Crippen molar-refractivity contribution in [3.63, 3.8) is 0 Å². The molecule has 4 rings (SSSR count). The first-order chi connectivity index (χ1) is 20.2. The first kappa shape index (κ1) is 36.9. The lowest BCUT2D eigenvalue weighted by Crippen LogP contribution is -2.49. The number of hydrogen-bond donors (Lipinski definition) is 3. The number of sulfonamides is 1. The van der Waals surface area contributed by atoms with E-state index in [-0.39, 0.29) is 22.7 Å². The number of piperazine rings is 1. The van der Waals surface area contributed by atoms with E-state index in [0.29, 0.717) is 67.2 Å². The standard InChI is InChI=1S/C17H15Cl2FN2O.C8H17N3O3S.C5H12/c18-10-4-5-11(16(6-10)22-9-23)13-7-21-8-14(13)12-2-1-3-15(19)17(12)20;1-15(13,14)11-6-4-10(5-7-11)3-2-9-8-12;1-5(2,3)4/h1-6,9,13-14,21H,7-8H2,(H,22,23);8H,2-7H2,1H3,(H,9,12);1-4H3. The van der Waals surface area contributed by atoms with E-state index >= 15 is 0 Å². The minimum absolute atomic E-state index is 0.0164. The molecule has 0 aliphatic carbocycles. The van der Waals surface area contributed by atoms with Crippen LogP contribution in [0.4, 0.5) is 10.1 Å². The Hall–Kier alpha value is -2.28. The smallest absolute Gasteiger partial charge is 0.211 e. The van der Waals surface area contributed by atoms with E-state index in [0.717, 1.165) is 25.2 Å². The number of benzene rings is 2. The molecule has 2 unspecified atom stereocenters. The minimum atomic E-state index is -3.04. The molecule has 2 fully saturated rings. The highest BCUT2D eigenvalue weighted by atomic mass is 35.5. The first-order valence-electron chi connectivity index (χ1n) is 14.1. The van der Waals surface area contributed by atoms with E-state index in [1.165, 1.54) is 10.6 Å². The summed E-state index contributed by atoms with van der Waals surface area (Å²) in [5.74, 6) is -0.434. The zero-order chi connectivity index (χ0) is 32.2. The number of hydrogen-bond acceptors (Lipinski definition) is 6. The molecular formula is C30H44Cl2FN5O4S. The van der Waals surface area contributed by atoms with Gasteiger partial charge in [0, 0.05) is 74.9 Å². The molecule has 0 spiro atoms. The SMILES string of the molecule is CC(C)(C)C.CS(=O)(=O)N1CCN(CCNC=O)CC1.O=CNc1cc(Cl)ccc1C1CNCC1c1cccc(Cl)c1F. The summed E-state index contributed by atoms with van der Waals surface area (Å²) in [6, 6.07) is 10.4. The lowest BCUT2D eigenvalue weighted by molar-refractivity contribution is -0.109. The van der Waals surface area contributed by atoms with Crippen molar-refractivity contribution in [1.82, 2.24) is 19.8 Å². The van der Waals surface area contributed by atoms with Gasteiger partial charge in [0.05, 0.1) is 11.3 Å². The van der Waals surface area contributed by atoms with Gasteiger partial charge in [-0.2, -0.15) is 4.31 Å². The predicted molar refractivity (Wildman–Crippen MR) is 173 cm³/mol. The lowest BCUT2D eigenvalue weighted by atomic mass is 9.83. The molecule has 43 heavy (non-hydrogen) atoms. The molecule has 3 N–H and O–H groups in total. The van der Waals surface area contributed by atoms with Gasteiger partial charge in [-0.1, -0.05) is 69.1 Å². The predicted octanol–water partition coefficient (Wildman–Crippen LogP) is 4.53. The van der Waals surface area contributed by atoms with Crippen molar-refractivity contribution in [3.05, 3.63) is 63.4 Å². The van der Waals surface area contributed by atoms with Crippen LogP contribution in [0.3, 0.4) is 0 Å². The van der Waals surface area contributed by atoms with Crippen molar-refractivity contribution in [2.24, 2.45) is 5.41 Å². The second-order valence-electron chi connectivity index (χ2n) is 12.1. The molecule has 0 aromatic heterocycles. The van der Waals surface area contributed by atoms with E-state index in [2.05, 4.69) is 48.5 Å². The molecular weight excluding hydrogens is 616 g/mol. The number of nitrogens with zero attached hydrogens (tertiary/aromatic N) is 2. The fraction of sp³-hybridized carbons (Fsp3) is 0.533. The Morgan fingerprint density at radius 3 is 2.14 bits per heavy atom. The number of halogens is 3. The van der Waals surface area contributed by atoms with Crippen LogP contribution in [0.5, 0.6) is 0 Å². The zero-order valence-electron chi connectivity index (χ0n) is 25.5. The van der Waals surface area contributed by atoms with Gasteiger partial charge in [0.2, 0.25) is 22.8 Å². The van der Waals surface area contributed by atoms with Crippen LogP contribution in [0.2, 0.25) is 10.0 Å². The number of carbonyl (C=O) groups excluding carboxylic acids is 2. The maximum Gasteiger partial charge on any atom is 0.211 e. The monoisotopic (exact) mass is 659 g/mol. The normalized spacial score (nSPS) is 19.3. The number of nitrogens with one attached hydrogen (secondary N) is 3. The van der Waals surface area contributed by atoms with Crippen molar-refractivity contribution >= 4 is 51.7 Å². The molecule has 240 valence electrons. The Bertz CT molecular complexity index is 1300. The molecule has 2 aromatic carbocycles. The van der Waals surface area contributed by atoms with E-state index < -0.39 is 10.0 Å². The van der Waals surface area contributed by atoms with E-state index in [9.17, 15) is 22.4 Å². The molecule has 2 amide bonds. The Labute approximate surface area is 265 Å². The van der Waals surface area contributed by atoms with Crippen molar-refractivity contribution in [1.29, 1.82) is 0 Å². The summed E-state index contributed by atoms with van der Waals surface area (Å²) in [6.45, 7) is 14.0. The minimum Gasteiger partial charge on any atom is -0.357 e.